The smallest absolute Gasteiger partial charge is 0.120 e. The normalized spacial score (nSPS) is 10.4. The van der Waals surface area contributed by atoms with Gasteiger partial charge in [-0.05, 0) is 55.3 Å². The van der Waals surface area contributed by atoms with Crippen molar-refractivity contribution in [2.75, 3.05) is 25.6 Å². The van der Waals surface area contributed by atoms with Gasteiger partial charge in [-0.3, -0.25) is 0 Å². The highest BCUT2D eigenvalue weighted by atomic mass is 16.5. The van der Waals surface area contributed by atoms with E-state index in [4.69, 9.17) is 10.5 Å². The average molecular weight is 270 g/mol. The Balaban J connectivity index is 2.28. The average Bonchev–Trinajstić information content (AvgIpc) is 2.49. The molecule has 106 valence electrons. The largest absolute Gasteiger partial charge is 0.497 e. The Bertz CT molecular complexity index is 581. The van der Waals surface area contributed by atoms with Gasteiger partial charge in [-0.25, -0.2) is 0 Å². The summed E-state index contributed by atoms with van der Waals surface area (Å²) in [6.45, 7) is 2.82. The third-order valence-electron chi connectivity index (χ3n) is 3.57. The summed E-state index contributed by atoms with van der Waals surface area (Å²) in [6.07, 6.45) is 0.926. The van der Waals surface area contributed by atoms with Crippen molar-refractivity contribution in [1.29, 1.82) is 0 Å². The van der Waals surface area contributed by atoms with Crippen molar-refractivity contribution in [3.63, 3.8) is 0 Å². The number of hydrogen-bond acceptors (Lipinski definition) is 3. The van der Waals surface area contributed by atoms with Crippen LogP contribution in [0.4, 0.5) is 11.4 Å². The van der Waals surface area contributed by atoms with Crippen molar-refractivity contribution in [3.8, 4) is 5.75 Å². The molecule has 3 nitrogen and oxygen atoms in total. The molecule has 2 aromatic rings. The van der Waals surface area contributed by atoms with E-state index in [9.17, 15) is 0 Å². The SMILES string of the molecule is COc1cccc(N(C)c2ccc(CCN)c(C)c2)c1. The second kappa shape index (κ2) is 6.44. The summed E-state index contributed by atoms with van der Waals surface area (Å²) >= 11 is 0. The van der Waals surface area contributed by atoms with Crippen molar-refractivity contribution < 1.29 is 4.74 Å². The molecule has 0 radical (unpaired) electrons. The number of methoxy groups -OCH3 is 1. The summed E-state index contributed by atoms with van der Waals surface area (Å²) in [5.41, 5.74) is 10.5. The molecule has 0 atom stereocenters. The Morgan fingerprint density at radius 1 is 1.10 bits per heavy atom. The molecule has 0 aliphatic heterocycles. The topological polar surface area (TPSA) is 38.5 Å². The van der Waals surface area contributed by atoms with Crippen molar-refractivity contribution in [3.05, 3.63) is 53.6 Å². The molecule has 3 heteroatoms. The molecule has 20 heavy (non-hydrogen) atoms. The van der Waals surface area contributed by atoms with Crippen LogP contribution >= 0.6 is 0 Å². The predicted octanol–water partition coefficient (Wildman–Crippen LogP) is 3.27. The molecular formula is C17H22N2O. The standard InChI is InChI=1S/C17H22N2O/c1-13-11-16(8-7-14(13)9-10-18)19(2)15-5-4-6-17(12-15)20-3/h4-8,11-12H,9-10,18H2,1-3H3. The molecular weight excluding hydrogens is 248 g/mol. The van der Waals surface area contributed by atoms with Gasteiger partial charge in [0, 0.05) is 24.5 Å². The zero-order valence-corrected chi connectivity index (χ0v) is 12.4. The first kappa shape index (κ1) is 14.4. The summed E-state index contributed by atoms with van der Waals surface area (Å²) in [5, 5.41) is 0. The number of benzene rings is 2. The lowest BCUT2D eigenvalue weighted by molar-refractivity contribution is 0.415. The Hall–Kier alpha value is -2.00. The van der Waals surface area contributed by atoms with Crippen LogP contribution in [0.2, 0.25) is 0 Å². The number of nitrogens with zero attached hydrogens (tertiary/aromatic N) is 1. The maximum Gasteiger partial charge on any atom is 0.120 e. The van der Waals surface area contributed by atoms with Gasteiger partial charge in [0.25, 0.3) is 0 Å². The van der Waals surface area contributed by atoms with Crippen LogP contribution in [-0.2, 0) is 6.42 Å². The highest BCUT2D eigenvalue weighted by Crippen LogP contribution is 2.28. The Kier molecular flexibility index (Phi) is 4.64. The fourth-order valence-corrected chi connectivity index (χ4v) is 2.29. The first-order valence-electron chi connectivity index (χ1n) is 6.83. The summed E-state index contributed by atoms with van der Waals surface area (Å²) in [5.74, 6) is 0.867. The molecule has 2 aromatic carbocycles. The van der Waals surface area contributed by atoms with Gasteiger partial charge in [-0.1, -0.05) is 12.1 Å². The van der Waals surface area contributed by atoms with Gasteiger partial charge in [-0.2, -0.15) is 0 Å². The first-order valence-corrected chi connectivity index (χ1v) is 6.83. The Morgan fingerprint density at radius 2 is 1.85 bits per heavy atom. The van der Waals surface area contributed by atoms with E-state index < -0.39 is 0 Å². The van der Waals surface area contributed by atoms with E-state index in [1.807, 2.05) is 18.2 Å². The third-order valence-corrected chi connectivity index (χ3v) is 3.57. The molecule has 0 aliphatic carbocycles. The van der Waals surface area contributed by atoms with Crippen LogP contribution in [-0.4, -0.2) is 20.7 Å². The van der Waals surface area contributed by atoms with Crippen molar-refractivity contribution in [2.45, 2.75) is 13.3 Å². The maximum atomic E-state index is 5.63. The number of aryl methyl sites for hydroxylation is 1. The summed E-state index contributed by atoms with van der Waals surface area (Å²) in [6, 6.07) is 14.6. The van der Waals surface area contributed by atoms with E-state index >= 15 is 0 Å². The molecule has 0 aromatic heterocycles. The molecule has 0 unspecified atom stereocenters. The van der Waals surface area contributed by atoms with Gasteiger partial charge in [0.1, 0.15) is 5.75 Å². The van der Waals surface area contributed by atoms with Crippen LogP contribution in [0, 0.1) is 6.92 Å². The zero-order chi connectivity index (χ0) is 14.5. The molecule has 0 saturated heterocycles. The number of anilines is 2. The lowest BCUT2D eigenvalue weighted by Gasteiger charge is -2.21. The molecule has 2 rings (SSSR count). The van der Waals surface area contributed by atoms with Crippen molar-refractivity contribution >= 4 is 11.4 Å². The lowest BCUT2D eigenvalue weighted by Crippen LogP contribution is -2.10. The fraction of sp³-hybridized carbons (Fsp3) is 0.294. The molecule has 2 N–H and O–H groups in total. The maximum absolute atomic E-state index is 5.63. The number of rotatable bonds is 5. The highest BCUT2D eigenvalue weighted by Gasteiger charge is 2.07. The number of nitrogens with two attached hydrogens (primary N) is 1. The molecule has 0 saturated carbocycles. The van der Waals surface area contributed by atoms with E-state index in [1.165, 1.54) is 11.1 Å². The van der Waals surface area contributed by atoms with Gasteiger partial charge < -0.3 is 15.4 Å². The quantitative estimate of drug-likeness (QED) is 0.906. The minimum Gasteiger partial charge on any atom is -0.497 e. The minimum absolute atomic E-state index is 0.686. The van der Waals surface area contributed by atoms with Gasteiger partial charge in [0.05, 0.1) is 7.11 Å². The van der Waals surface area contributed by atoms with Crippen LogP contribution in [0.25, 0.3) is 0 Å². The molecule has 0 fully saturated rings. The predicted molar refractivity (Wildman–Crippen MR) is 85.0 cm³/mol. The van der Waals surface area contributed by atoms with E-state index in [2.05, 4.69) is 43.1 Å². The Labute approximate surface area is 121 Å². The Morgan fingerprint density at radius 3 is 2.50 bits per heavy atom. The van der Waals surface area contributed by atoms with Crippen LogP contribution in [0.15, 0.2) is 42.5 Å². The van der Waals surface area contributed by atoms with E-state index in [0.717, 1.165) is 23.5 Å². The number of hydrogen-bond donors (Lipinski definition) is 1. The third kappa shape index (κ3) is 3.11. The number of ether oxygens (including phenoxy) is 1. The van der Waals surface area contributed by atoms with Crippen molar-refractivity contribution in [1.82, 2.24) is 0 Å². The summed E-state index contributed by atoms with van der Waals surface area (Å²) in [4.78, 5) is 2.15. The van der Waals surface area contributed by atoms with Crippen LogP contribution in [0.3, 0.4) is 0 Å². The molecule has 0 bridgehead atoms. The highest BCUT2D eigenvalue weighted by molar-refractivity contribution is 5.65. The zero-order valence-electron chi connectivity index (χ0n) is 12.4. The van der Waals surface area contributed by atoms with Crippen LogP contribution in [0.5, 0.6) is 5.75 Å². The van der Waals surface area contributed by atoms with Gasteiger partial charge in [-0.15, -0.1) is 0 Å². The molecule has 0 heterocycles. The van der Waals surface area contributed by atoms with Gasteiger partial charge >= 0.3 is 0 Å². The fourth-order valence-electron chi connectivity index (χ4n) is 2.29. The van der Waals surface area contributed by atoms with E-state index in [1.54, 1.807) is 7.11 Å². The monoisotopic (exact) mass is 270 g/mol. The first-order chi connectivity index (χ1) is 9.65. The molecule has 0 aliphatic rings. The summed E-state index contributed by atoms with van der Waals surface area (Å²) in [7, 11) is 3.75. The van der Waals surface area contributed by atoms with Crippen LogP contribution in [0.1, 0.15) is 11.1 Å². The van der Waals surface area contributed by atoms with Crippen molar-refractivity contribution in [2.24, 2.45) is 5.73 Å². The van der Waals surface area contributed by atoms with Gasteiger partial charge in [0.15, 0.2) is 0 Å². The lowest BCUT2D eigenvalue weighted by atomic mass is 10.0. The van der Waals surface area contributed by atoms with Gasteiger partial charge in [0.2, 0.25) is 0 Å². The van der Waals surface area contributed by atoms with Crippen LogP contribution < -0.4 is 15.4 Å². The second-order valence-electron chi connectivity index (χ2n) is 4.91. The molecule has 0 amide bonds. The molecule has 0 spiro atoms. The van der Waals surface area contributed by atoms with E-state index in [-0.39, 0.29) is 0 Å². The van der Waals surface area contributed by atoms with E-state index in [0.29, 0.717) is 6.54 Å². The minimum atomic E-state index is 0.686. The summed E-state index contributed by atoms with van der Waals surface area (Å²) < 4.78 is 5.28. The second-order valence-corrected chi connectivity index (χ2v) is 4.91.